The van der Waals surface area contributed by atoms with Crippen LogP contribution in [0.2, 0.25) is 0 Å². The lowest BCUT2D eigenvalue weighted by atomic mass is 10.1. The van der Waals surface area contributed by atoms with Gasteiger partial charge >= 0.3 is 0 Å². The molecule has 5 rings (SSSR count). The van der Waals surface area contributed by atoms with E-state index >= 15 is 0 Å². The van der Waals surface area contributed by atoms with E-state index in [2.05, 4.69) is 4.98 Å². The lowest BCUT2D eigenvalue weighted by Gasteiger charge is -2.33. The molecule has 0 radical (unpaired) electrons. The monoisotopic (exact) mass is 555 g/mol. The van der Waals surface area contributed by atoms with Crippen LogP contribution in [-0.2, 0) is 26.4 Å². The summed E-state index contributed by atoms with van der Waals surface area (Å²) in [7, 11) is -7.47. The van der Waals surface area contributed by atoms with E-state index in [1.54, 1.807) is 41.9 Å². The first-order valence-corrected chi connectivity index (χ1v) is 15.7. The first-order chi connectivity index (χ1) is 17.6. The molecule has 11 heteroatoms. The third-order valence-electron chi connectivity index (χ3n) is 6.02. The molecule has 8 nitrogen and oxygen atoms in total. The van der Waals surface area contributed by atoms with Crippen molar-refractivity contribution in [2.75, 3.05) is 28.6 Å². The van der Waals surface area contributed by atoms with E-state index in [1.807, 2.05) is 36.1 Å². The van der Waals surface area contributed by atoms with E-state index in [9.17, 15) is 16.8 Å². The van der Waals surface area contributed by atoms with Gasteiger partial charge in [0.25, 0.3) is 10.0 Å². The van der Waals surface area contributed by atoms with Crippen LogP contribution in [0.5, 0.6) is 5.75 Å². The summed E-state index contributed by atoms with van der Waals surface area (Å²) in [5, 5.41) is 2.10. The third-order valence-corrected chi connectivity index (χ3v) is 9.80. The smallest absolute Gasteiger partial charge is 0.266 e. The molecule has 0 fully saturated rings. The predicted octanol–water partition coefficient (Wildman–Crippen LogP) is 4.78. The number of sulfonamides is 1. The molecular weight excluding hydrogens is 531 g/mol. The Balaban J connectivity index is 1.54. The summed E-state index contributed by atoms with van der Waals surface area (Å²) in [5.74, 6) is 0.366. The minimum absolute atomic E-state index is 0.0619. The van der Waals surface area contributed by atoms with Gasteiger partial charge in [-0.3, -0.25) is 0 Å². The Labute approximate surface area is 220 Å². The van der Waals surface area contributed by atoms with Crippen molar-refractivity contribution in [2.24, 2.45) is 0 Å². The molecule has 0 atom stereocenters. The fourth-order valence-electron chi connectivity index (χ4n) is 4.19. The zero-order valence-corrected chi connectivity index (χ0v) is 22.7. The summed E-state index contributed by atoms with van der Waals surface area (Å²) in [5.41, 5.74) is 3.04. The highest BCUT2D eigenvalue weighted by atomic mass is 32.2. The number of hydrogen-bond donors (Lipinski definition) is 0. The van der Waals surface area contributed by atoms with E-state index in [4.69, 9.17) is 4.74 Å². The molecule has 0 spiro atoms. The van der Waals surface area contributed by atoms with Gasteiger partial charge in [-0.25, -0.2) is 26.1 Å². The number of nitrogens with zero attached hydrogens (tertiary/aromatic N) is 3. The van der Waals surface area contributed by atoms with Crippen molar-refractivity contribution in [2.45, 2.75) is 23.3 Å². The molecule has 2 heterocycles. The third kappa shape index (κ3) is 5.07. The SMILES string of the molecule is Cc1ccc(CN(c2nccs2)S(=O)(=O)c2ccc3c(c2)OCCN3c2ccccc2S(C)(=O)=O)cc1. The van der Waals surface area contributed by atoms with E-state index in [0.29, 0.717) is 28.8 Å². The van der Waals surface area contributed by atoms with Crippen molar-refractivity contribution < 1.29 is 21.6 Å². The molecule has 1 aliphatic heterocycles. The van der Waals surface area contributed by atoms with Crippen molar-refractivity contribution in [1.29, 1.82) is 0 Å². The Kier molecular flexibility index (Phi) is 6.69. The molecule has 0 bridgehead atoms. The average molecular weight is 556 g/mol. The zero-order valence-electron chi connectivity index (χ0n) is 20.2. The van der Waals surface area contributed by atoms with Crippen molar-refractivity contribution >= 4 is 47.7 Å². The number of sulfone groups is 1. The van der Waals surface area contributed by atoms with Gasteiger partial charge in [-0.05, 0) is 36.8 Å². The van der Waals surface area contributed by atoms with Gasteiger partial charge in [0.1, 0.15) is 12.4 Å². The molecule has 0 unspecified atom stereocenters. The summed E-state index contributed by atoms with van der Waals surface area (Å²) in [6.45, 7) is 2.80. The van der Waals surface area contributed by atoms with Crippen molar-refractivity contribution in [3.63, 3.8) is 0 Å². The molecule has 192 valence electrons. The number of hydrogen-bond acceptors (Lipinski definition) is 8. The predicted molar refractivity (Wildman–Crippen MR) is 145 cm³/mol. The Morgan fingerprint density at radius 3 is 2.46 bits per heavy atom. The summed E-state index contributed by atoms with van der Waals surface area (Å²) >= 11 is 1.24. The number of anilines is 3. The van der Waals surface area contributed by atoms with Crippen molar-refractivity contribution in [3.8, 4) is 5.75 Å². The number of ether oxygens (including phenoxy) is 1. The maximum atomic E-state index is 13.9. The summed E-state index contributed by atoms with van der Waals surface area (Å²) in [4.78, 5) is 6.37. The largest absolute Gasteiger partial charge is 0.489 e. The molecule has 0 saturated heterocycles. The van der Waals surface area contributed by atoms with Crippen LogP contribution >= 0.6 is 11.3 Å². The van der Waals surface area contributed by atoms with Gasteiger partial charge in [0.05, 0.1) is 34.3 Å². The Hall–Kier alpha value is -3.41. The second-order valence-corrected chi connectivity index (χ2v) is 13.4. The van der Waals surface area contributed by atoms with Crippen molar-refractivity contribution in [3.05, 3.63) is 89.4 Å². The zero-order chi connectivity index (χ0) is 26.2. The average Bonchev–Trinajstić information content (AvgIpc) is 3.41. The minimum atomic E-state index is -3.99. The van der Waals surface area contributed by atoms with E-state index in [1.165, 1.54) is 34.0 Å². The maximum Gasteiger partial charge on any atom is 0.266 e. The molecule has 0 aliphatic carbocycles. The second-order valence-electron chi connectivity index (χ2n) is 8.68. The van der Waals surface area contributed by atoms with Gasteiger partial charge in [0.15, 0.2) is 15.0 Å². The number of aryl methyl sites for hydroxylation is 1. The first-order valence-electron chi connectivity index (χ1n) is 11.5. The van der Waals surface area contributed by atoms with Gasteiger partial charge in [0, 0.05) is 23.9 Å². The summed E-state index contributed by atoms with van der Waals surface area (Å²) in [6.07, 6.45) is 2.74. The Morgan fingerprint density at radius 2 is 1.76 bits per heavy atom. The minimum Gasteiger partial charge on any atom is -0.489 e. The van der Waals surface area contributed by atoms with E-state index < -0.39 is 19.9 Å². The number of fused-ring (bicyclic) bond motifs is 1. The fraction of sp³-hybridized carbons (Fsp3) is 0.192. The molecule has 1 aliphatic rings. The van der Waals surface area contributed by atoms with Crippen LogP contribution in [0.1, 0.15) is 11.1 Å². The quantitative estimate of drug-likeness (QED) is 0.324. The number of benzene rings is 3. The lowest BCUT2D eigenvalue weighted by Crippen LogP contribution is -2.32. The van der Waals surface area contributed by atoms with E-state index in [0.717, 1.165) is 11.1 Å². The van der Waals surface area contributed by atoms with Crippen LogP contribution < -0.4 is 13.9 Å². The van der Waals surface area contributed by atoms with Crippen LogP contribution in [0.25, 0.3) is 0 Å². The van der Waals surface area contributed by atoms with Gasteiger partial charge < -0.3 is 9.64 Å². The van der Waals surface area contributed by atoms with E-state index in [-0.39, 0.29) is 22.9 Å². The molecule has 0 saturated carbocycles. The van der Waals surface area contributed by atoms with Crippen LogP contribution in [0.3, 0.4) is 0 Å². The van der Waals surface area contributed by atoms with Crippen LogP contribution in [-0.4, -0.2) is 41.2 Å². The normalized spacial score (nSPS) is 13.6. The standard InChI is InChI=1S/C26H25N3O5S3/c1-19-7-9-20(10-8-19)18-29(26-27-13-16-35-26)37(32,33)21-11-12-22-24(17-21)34-15-14-28(22)23-5-3-4-6-25(23)36(2,30)31/h3-13,16-17H,14-15,18H2,1-2H3. The lowest BCUT2D eigenvalue weighted by molar-refractivity contribution is 0.313. The van der Waals surface area contributed by atoms with Gasteiger partial charge in [0.2, 0.25) is 0 Å². The van der Waals surface area contributed by atoms with Crippen LogP contribution in [0.15, 0.2) is 88.1 Å². The topological polar surface area (TPSA) is 96.9 Å². The first kappa shape index (κ1) is 25.2. The molecule has 37 heavy (non-hydrogen) atoms. The van der Waals surface area contributed by atoms with Crippen molar-refractivity contribution in [1.82, 2.24) is 4.98 Å². The Morgan fingerprint density at radius 1 is 1.00 bits per heavy atom. The number of para-hydroxylation sites is 1. The second kappa shape index (κ2) is 9.81. The van der Waals surface area contributed by atoms with Crippen LogP contribution in [0, 0.1) is 6.92 Å². The van der Waals surface area contributed by atoms with Gasteiger partial charge in [-0.2, -0.15) is 0 Å². The molecule has 1 aromatic heterocycles. The highest BCUT2D eigenvalue weighted by Crippen LogP contribution is 2.41. The number of thiazole rings is 1. The molecular formula is C26H25N3O5S3. The molecule has 3 aromatic carbocycles. The van der Waals surface area contributed by atoms with Crippen LogP contribution in [0.4, 0.5) is 16.5 Å². The summed E-state index contributed by atoms with van der Waals surface area (Å²) < 4.78 is 59.7. The van der Waals surface area contributed by atoms with Gasteiger partial charge in [-0.1, -0.05) is 42.0 Å². The highest BCUT2D eigenvalue weighted by Gasteiger charge is 2.30. The van der Waals surface area contributed by atoms with Gasteiger partial charge in [-0.15, -0.1) is 11.3 Å². The number of rotatable bonds is 7. The summed E-state index contributed by atoms with van der Waals surface area (Å²) in [6, 6.07) is 19.1. The maximum absolute atomic E-state index is 13.9. The number of aromatic nitrogens is 1. The molecule has 0 amide bonds. The highest BCUT2D eigenvalue weighted by molar-refractivity contribution is 7.93. The molecule has 4 aromatic rings. The fourth-order valence-corrected chi connectivity index (χ4v) is 7.36. The molecule has 0 N–H and O–H groups in total. The Bertz CT molecular complexity index is 1640.